The van der Waals surface area contributed by atoms with E-state index in [0.717, 1.165) is 71.9 Å². The largest absolute Gasteiger partial charge is 0.456 e. The first kappa shape index (κ1) is 28.8. The van der Waals surface area contributed by atoms with Gasteiger partial charge in [0.2, 0.25) is 0 Å². The lowest BCUT2D eigenvalue weighted by Gasteiger charge is -2.16. The monoisotopic (exact) mass is 662 g/mol. The lowest BCUT2D eigenvalue weighted by Crippen LogP contribution is -1.94. The summed E-state index contributed by atoms with van der Waals surface area (Å²) in [5.74, 6) is 0. The Morgan fingerprint density at radius 3 is 1.77 bits per heavy atom. The first-order valence-corrected chi connectivity index (χ1v) is 17.7. The summed E-state index contributed by atoms with van der Waals surface area (Å²) in [6.45, 7) is 0. The van der Waals surface area contributed by atoms with Gasteiger partial charge >= 0.3 is 0 Å². The molecule has 3 nitrogen and oxygen atoms in total. The summed E-state index contributed by atoms with van der Waals surface area (Å²) in [5, 5.41) is 8.17. The Labute approximate surface area is 299 Å². The molecule has 0 aliphatic rings. The van der Waals surface area contributed by atoms with Gasteiger partial charge in [0.1, 0.15) is 11.2 Å². The molecule has 8 aromatic carbocycles. The molecule has 0 radical (unpaired) electrons. The fraction of sp³-hybridized carbons (Fsp3) is 0. The number of benzene rings is 8. The Balaban J connectivity index is 1.12. The normalized spacial score (nSPS) is 11.8. The van der Waals surface area contributed by atoms with E-state index in [2.05, 4.69) is 180 Å². The SMILES string of the molecule is c1ccc(-c2c3c(cc4c(-c5cccc(-c6ccc(-n7c8ccccc8c8ccccc87)cc6)c5)nc5ccccc5c24)oc2ccccc23)cc1. The molecule has 0 aliphatic heterocycles. The van der Waals surface area contributed by atoms with Gasteiger partial charge in [-0.25, -0.2) is 4.98 Å². The highest BCUT2D eigenvalue weighted by Crippen LogP contribution is 2.46. The number of aromatic nitrogens is 2. The van der Waals surface area contributed by atoms with Crippen molar-refractivity contribution in [2.45, 2.75) is 0 Å². The second-order valence-corrected chi connectivity index (χ2v) is 13.5. The molecule has 0 N–H and O–H groups in total. The molecule has 0 amide bonds. The molecule has 0 saturated carbocycles. The maximum atomic E-state index is 6.58. The minimum absolute atomic E-state index is 0.864. The molecule has 242 valence electrons. The van der Waals surface area contributed by atoms with Crippen LogP contribution in [0.3, 0.4) is 0 Å². The summed E-state index contributed by atoms with van der Waals surface area (Å²) in [6, 6.07) is 64.8. The van der Waals surface area contributed by atoms with Gasteiger partial charge in [0.05, 0.1) is 22.2 Å². The van der Waals surface area contributed by atoms with E-state index >= 15 is 0 Å². The zero-order chi connectivity index (χ0) is 34.2. The first-order chi connectivity index (χ1) is 25.8. The average molecular weight is 663 g/mol. The van der Waals surface area contributed by atoms with E-state index in [9.17, 15) is 0 Å². The Hall–Kier alpha value is -6.97. The van der Waals surface area contributed by atoms with Crippen molar-refractivity contribution in [2.75, 3.05) is 0 Å². The third kappa shape index (κ3) is 4.30. The van der Waals surface area contributed by atoms with Crippen molar-refractivity contribution in [3.63, 3.8) is 0 Å². The van der Waals surface area contributed by atoms with Gasteiger partial charge in [0.25, 0.3) is 0 Å². The molecule has 3 heterocycles. The highest BCUT2D eigenvalue weighted by Gasteiger charge is 2.21. The minimum Gasteiger partial charge on any atom is -0.456 e. The van der Waals surface area contributed by atoms with Gasteiger partial charge in [0, 0.05) is 54.5 Å². The standard InChI is InChI=1S/C49H30N2O/c1-2-13-32(14-3-1)46-47-38-19-4-8-21-41(38)50-49(40(47)30-45-48(46)39-20-7-11-24-44(39)52-45)34-16-12-15-33(29-34)31-25-27-35(28-26-31)51-42-22-9-5-17-36(42)37-18-6-10-23-43(37)51/h1-30H. The molecule has 0 saturated heterocycles. The Morgan fingerprint density at radius 1 is 0.385 bits per heavy atom. The van der Waals surface area contributed by atoms with Crippen molar-refractivity contribution < 1.29 is 4.42 Å². The highest BCUT2D eigenvalue weighted by molar-refractivity contribution is 6.27. The second kappa shape index (κ2) is 11.3. The van der Waals surface area contributed by atoms with Crippen molar-refractivity contribution in [3.8, 4) is 39.2 Å². The number of hydrogen-bond donors (Lipinski definition) is 0. The quantitative estimate of drug-likeness (QED) is 0.176. The van der Waals surface area contributed by atoms with Crippen molar-refractivity contribution in [3.05, 3.63) is 182 Å². The predicted molar refractivity (Wildman–Crippen MR) is 217 cm³/mol. The molecule has 0 unspecified atom stereocenters. The van der Waals surface area contributed by atoms with Gasteiger partial charge in [0.15, 0.2) is 0 Å². The van der Waals surface area contributed by atoms with Crippen LogP contribution in [0.1, 0.15) is 0 Å². The van der Waals surface area contributed by atoms with Crippen LogP contribution in [0.15, 0.2) is 186 Å². The topological polar surface area (TPSA) is 31.0 Å². The maximum absolute atomic E-state index is 6.58. The van der Waals surface area contributed by atoms with E-state index in [4.69, 9.17) is 9.40 Å². The third-order valence-electron chi connectivity index (χ3n) is 10.6. The predicted octanol–water partition coefficient (Wildman–Crippen LogP) is 13.4. The van der Waals surface area contributed by atoms with Gasteiger partial charge in [-0.1, -0.05) is 133 Å². The summed E-state index contributed by atoms with van der Waals surface area (Å²) in [4.78, 5) is 5.36. The van der Waals surface area contributed by atoms with Crippen LogP contribution in [0.2, 0.25) is 0 Å². The van der Waals surface area contributed by atoms with Crippen LogP contribution >= 0.6 is 0 Å². The summed E-state index contributed by atoms with van der Waals surface area (Å²) in [5.41, 5.74) is 12.9. The molecule has 52 heavy (non-hydrogen) atoms. The van der Waals surface area contributed by atoms with Crippen molar-refractivity contribution in [1.29, 1.82) is 0 Å². The van der Waals surface area contributed by atoms with Crippen molar-refractivity contribution in [2.24, 2.45) is 0 Å². The van der Waals surface area contributed by atoms with Crippen LogP contribution in [0, 0.1) is 0 Å². The van der Waals surface area contributed by atoms with Crippen LogP contribution < -0.4 is 0 Å². The molecule has 0 aliphatic carbocycles. The summed E-state index contributed by atoms with van der Waals surface area (Å²) in [7, 11) is 0. The minimum atomic E-state index is 0.864. The van der Waals surface area contributed by atoms with Gasteiger partial charge < -0.3 is 8.98 Å². The number of fused-ring (bicyclic) bond motifs is 9. The molecule has 11 rings (SSSR count). The van der Waals surface area contributed by atoms with E-state index < -0.39 is 0 Å². The maximum Gasteiger partial charge on any atom is 0.136 e. The zero-order valence-corrected chi connectivity index (χ0v) is 28.1. The molecule has 3 aromatic heterocycles. The molecule has 0 bridgehead atoms. The van der Waals surface area contributed by atoms with Crippen LogP contribution in [0.5, 0.6) is 0 Å². The lowest BCUT2D eigenvalue weighted by molar-refractivity contribution is 0.669. The fourth-order valence-electron chi connectivity index (χ4n) is 8.28. The highest BCUT2D eigenvalue weighted by atomic mass is 16.3. The third-order valence-corrected chi connectivity index (χ3v) is 10.6. The van der Waals surface area contributed by atoms with Gasteiger partial charge in [-0.05, 0) is 65.2 Å². The first-order valence-electron chi connectivity index (χ1n) is 17.7. The number of hydrogen-bond acceptors (Lipinski definition) is 2. The number of furan rings is 1. The number of para-hydroxylation sites is 4. The fourth-order valence-corrected chi connectivity index (χ4v) is 8.28. The molecule has 3 heteroatoms. The van der Waals surface area contributed by atoms with E-state index in [0.29, 0.717) is 0 Å². The summed E-state index contributed by atoms with van der Waals surface area (Å²) in [6.07, 6.45) is 0. The van der Waals surface area contributed by atoms with E-state index in [1.165, 1.54) is 32.8 Å². The van der Waals surface area contributed by atoms with Crippen LogP contribution in [-0.4, -0.2) is 9.55 Å². The van der Waals surface area contributed by atoms with E-state index in [-0.39, 0.29) is 0 Å². The molecule has 11 aromatic rings. The molecule has 0 spiro atoms. The van der Waals surface area contributed by atoms with Gasteiger partial charge in [-0.15, -0.1) is 0 Å². The molecular formula is C49H30N2O. The zero-order valence-electron chi connectivity index (χ0n) is 28.1. The van der Waals surface area contributed by atoms with E-state index in [1.807, 2.05) is 6.07 Å². The number of pyridine rings is 1. The van der Waals surface area contributed by atoms with E-state index in [1.54, 1.807) is 0 Å². The van der Waals surface area contributed by atoms with Gasteiger partial charge in [-0.3, -0.25) is 0 Å². The van der Waals surface area contributed by atoms with Crippen molar-refractivity contribution >= 4 is 65.4 Å². The van der Waals surface area contributed by atoms with Crippen LogP contribution in [0.25, 0.3) is 105 Å². The van der Waals surface area contributed by atoms with Crippen LogP contribution in [-0.2, 0) is 0 Å². The lowest BCUT2D eigenvalue weighted by atomic mass is 9.89. The summed E-state index contributed by atoms with van der Waals surface area (Å²) >= 11 is 0. The second-order valence-electron chi connectivity index (χ2n) is 13.5. The molecule has 0 atom stereocenters. The summed E-state index contributed by atoms with van der Waals surface area (Å²) < 4.78 is 8.94. The number of rotatable bonds is 4. The molecule has 0 fully saturated rings. The number of nitrogens with zero attached hydrogens (tertiary/aromatic N) is 2. The Morgan fingerprint density at radius 2 is 1.00 bits per heavy atom. The molecular weight excluding hydrogens is 633 g/mol. The Bertz CT molecular complexity index is 3120. The van der Waals surface area contributed by atoms with Gasteiger partial charge in [-0.2, -0.15) is 0 Å². The smallest absolute Gasteiger partial charge is 0.136 e. The van der Waals surface area contributed by atoms with Crippen molar-refractivity contribution in [1.82, 2.24) is 9.55 Å². The van der Waals surface area contributed by atoms with Crippen LogP contribution in [0.4, 0.5) is 0 Å². The average Bonchev–Trinajstić information content (AvgIpc) is 3.76. The Kier molecular flexibility index (Phi) is 6.25.